The second-order valence-electron chi connectivity index (χ2n) is 5.27. The van der Waals surface area contributed by atoms with E-state index in [2.05, 4.69) is 57.3 Å². The van der Waals surface area contributed by atoms with Crippen LogP contribution in [0.3, 0.4) is 0 Å². The van der Waals surface area contributed by atoms with E-state index in [-0.39, 0.29) is 5.41 Å². The largest absolute Gasteiger partial charge is 0.313 e. The van der Waals surface area contributed by atoms with Gasteiger partial charge in [0.25, 0.3) is 0 Å². The normalized spacial score (nSPS) is 19.3. The molecule has 1 rings (SSSR count). The third kappa shape index (κ3) is 3.07. The summed E-state index contributed by atoms with van der Waals surface area (Å²) in [5, 5.41) is 3.43. The lowest BCUT2D eigenvalue weighted by Gasteiger charge is -2.32. The molecule has 0 heterocycles. The van der Waals surface area contributed by atoms with Crippen LogP contribution in [0.1, 0.15) is 34.1 Å². The molecule has 0 spiro atoms. The van der Waals surface area contributed by atoms with Crippen LogP contribution >= 0.6 is 0 Å². The van der Waals surface area contributed by atoms with Crippen molar-refractivity contribution < 1.29 is 0 Å². The van der Waals surface area contributed by atoms with Crippen LogP contribution in [0.2, 0.25) is 0 Å². The molecule has 0 bridgehead atoms. The molecule has 84 valence electrons. The van der Waals surface area contributed by atoms with Gasteiger partial charge in [0.05, 0.1) is 0 Å². The van der Waals surface area contributed by atoms with E-state index in [1.807, 2.05) is 7.05 Å². The number of nitrogens with one attached hydrogen (secondary N) is 1. The maximum Gasteiger partial charge on any atom is 0.0369 e. The third-order valence-corrected chi connectivity index (χ3v) is 2.86. The van der Waals surface area contributed by atoms with Gasteiger partial charge in [-0.25, -0.2) is 0 Å². The van der Waals surface area contributed by atoms with Crippen molar-refractivity contribution in [1.82, 2.24) is 5.32 Å². The molecule has 0 aromatic carbocycles. The Labute approximate surface area is 94.0 Å². The van der Waals surface area contributed by atoms with Crippen molar-refractivity contribution in [3.63, 3.8) is 0 Å². The smallest absolute Gasteiger partial charge is 0.0369 e. The first-order valence-electron chi connectivity index (χ1n) is 5.68. The van der Waals surface area contributed by atoms with Crippen molar-refractivity contribution in [2.75, 3.05) is 7.05 Å². The number of rotatable bonds is 2. The first-order chi connectivity index (χ1) is 6.96. The van der Waals surface area contributed by atoms with Gasteiger partial charge in [-0.15, -0.1) is 0 Å². The van der Waals surface area contributed by atoms with Gasteiger partial charge in [0.1, 0.15) is 0 Å². The molecule has 1 N–H and O–H groups in total. The van der Waals surface area contributed by atoms with Crippen molar-refractivity contribution in [2.24, 2.45) is 5.41 Å². The van der Waals surface area contributed by atoms with Gasteiger partial charge in [-0.05, 0) is 37.0 Å². The summed E-state index contributed by atoms with van der Waals surface area (Å²) in [4.78, 5) is 0. The van der Waals surface area contributed by atoms with Gasteiger partial charge in [-0.3, -0.25) is 0 Å². The van der Waals surface area contributed by atoms with Crippen molar-refractivity contribution in [1.29, 1.82) is 0 Å². The lowest BCUT2D eigenvalue weighted by Crippen LogP contribution is -2.39. The summed E-state index contributed by atoms with van der Waals surface area (Å²) in [6.45, 7) is 9.02. The Bertz CT molecular complexity index is 300. The van der Waals surface area contributed by atoms with Gasteiger partial charge < -0.3 is 5.32 Å². The molecule has 0 fully saturated rings. The Morgan fingerprint density at radius 3 is 2.33 bits per heavy atom. The van der Waals surface area contributed by atoms with Gasteiger partial charge >= 0.3 is 0 Å². The van der Waals surface area contributed by atoms with Gasteiger partial charge in [0, 0.05) is 6.04 Å². The molecule has 0 aromatic heterocycles. The predicted octanol–water partition coefficient (Wildman–Crippen LogP) is 3.45. The van der Waals surface area contributed by atoms with E-state index in [9.17, 15) is 0 Å². The van der Waals surface area contributed by atoms with Gasteiger partial charge in [-0.1, -0.05) is 45.1 Å². The zero-order chi connectivity index (χ0) is 11.5. The molecule has 1 unspecified atom stereocenters. The predicted molar refractivity (Wildman–Crippen MR) is 67.9 cm³/mol. The fourth-order valence-corrected chi connectivity index (χ4v) is 2.12. The quantitative estimate of drug-likeness (QED) is 0.728. The summed E-state index contributed by atoms with van der Waals surface area (Å²) < 4.78 is 0. The van der Waals surface area contributed by atoms with Crippen LogP contribution in [-0.2, 0) is 0 Å². The van der Waals surface area contributed by atoms with Crippen LogP contribution in [0.25, 0.3) is 0 Å². The zero-order valence-corrected chi connectivity index (χ0v) is 10.6. The fraction of sp³-hybridized carbons (Fsp3) is 0.571. The summed E-state index contributed by atoms with van der Waals surface area (Å²) in [6, 6.07) is 0.413. The molecule has 1 aliphatic carbocycles. The van der Waals surface area contributed by atoms with E-state index in [1.54, 1.807) is 0 Å². The molecule has 15 heavy (non-hydrogen) atoms. The topological polar surface area (TPSA) is 12.0 Å². The average Bonchev–Trinajstić information content (AvgIpc) is 2.31. The van der Waals surface area contributed by atoms with Gasteiger partial charge in [0.15, 0.2) is 0 Å². The summed E-state index contributed by atoms with van der Waals surface area (Å²) in [7, 11) is 2.04. The van der Waals surface area contributed by atoms with Crippen LogP contribution in [0.15, 0.2) is 35.5 Å². The Kier molecular flexibility index (Phi) is 3.92. The van der Waals surface area contributed by atoms with E-state index < -0.39 is 0 Å². The Balaban J connectivity index is 3.07. The highest BCUT2D eigenvalue weighted by atomic mass is 14.9. The molecule has 0 aliphatic heterocycles. The van der Waals surface area contributed by atoms with Gasteiger partial charge in [0.2, 0.25) is 0 Å². The second kappa shape index (κ2) is 4.80. The highest BCUT2D eigenvalue weighted by Gasteiger charge is 2.26. The van der Waals surface area contributed by atoms with Crippen LogP contribution in [-0.4, -0.2) is 13.1 Å². The minimum Gasteiger partial charge on any atom is -0.313 e. The highest BCUT2D eigenvalue weighted by molar-refractivity contribution is 5.39. The molecular weight excluding hydrogens is 182 g/mol. The van der Waals surface area contributed by atoms with E-state index in [0.717, 1.165) is 6.42 Å². The summed E-state index contributed by atoms with van der Waals surface area (Å²) in [5.74, 6) is 0. The minimum atomic E-state index is 0.244. The Morgan fingerprint density at radius 1 is 1.20 bits per heavy atom. The summed E-state index contributed by atoms with van der Waals surface area (Å²) in [6.07, 6.45) is 9.99. The van der Waals surface area contributed by atoms with Crippen LogP contribution < -0.4 is 5.32 Å². The standard InChI is InChI=1S/C14H23N/c1-11-9-7-6-8-10-12(11)13(15-5)14(2,3)4/h7-10,13,15H,6H2,1-5H3. The Hall–Kier alpha value is -0.820. The van der Waals surface area contributed by atoms with Crippen LogP contribution in [0, 0.1) is 5.41 Å². The average molecular weight is 205 g/mol. The molecule has 1 aliphatic rings. The first-order valence-corrected chi connectivity index (χ1v) is 5.68. The van der Waals surface area contributed by atoms with E-state index in [4.69, 9.17) is 0 Å². The van der Waals surface area contributed by atoms with Crippen molar-refractivity contribution in [2.45, 2.75) is 40.2 Å². The molecule has 0 radical (unpaired) electrons. The molecule has 1 atom stereocenters. The van der Waals surface area contributed by atoms with Crippen molar-refractivity contribution in [3.8, 4) is 0 Å². The molecule has 0 saturated carbocycles. The van der Waals surface area contributed by atoms with Crippen molar-refractivity contribution >= 4 is 0 Å². The number of likely N-dealkylation sites (N-methyl/N-ethyl adjacent to an activating group) is 1. The SMILES string of the molecule is CNC(C1=C(C)C=CCC=C1)C(C)(C)C. The number of hydrogen-bond acceptors (Lipinski definition) is 1. The maximum atomic E-state index is 3.43. The first kappa shape index (κ1) is 12.3. The van der Waals surface area contributed by atoms with Crippen LogP contribution in [0.5, 0.6) is 0 Å². The summed E-state index contributed by atoms with van der Waals surface area (Å²) >= 11 is 0. The number of hydrogen-bond donors (Lipinski definition) is 1. The Morgan fingerprint density at radius 2 is 1.80 bits per heavy atom. The highest BCUT2D eigenvalue weighted by Crippen LogP contribution is 2.28. The fourth-order valence-electron chi connectivity index (χ4n) is 2.12. The molecule has 1 heteroatoms. The molecule has 0 aromatic rings. The lowest BCUT2D eigenvalue weighted by atomic mass is 9.80. The second-order valence-corrected chi connectivity index (χ2v) is 5.27. The third-order valence-electron chi connectivity index (χ3n) is 2.86. The lowest BCUT2D eigenvalue weighted by molar-refractivity contribution is 0.319. The molecule has 1 nitrogen and oxygen atoms in total. The van der Waals surface area contributed by atoms with Crippen LogP contribution in [0.4, 0.5) is 0 Å². The zero-order valence-electron chi connectivity index (χ0n) is 10.6. The maximum absolute atomic E-state index is 3.43. The molecule has 0 saturated heterocycles. The van der Waals surface area contributed by atoms with Gasteiger partial charge in [-0.2, -0.15) is 0 Å². The minimum absolute atomic E-state index is 0.244. The van der Waals surface area contributed by atoms with E-state index >= 15 is 0 Å². The van der Waals surface area contributed by atoms with Crippen molar-refractivity contribution in [3.05, 3.63) is 35.5 Å². The molecule has 0 amide bonds. The monoisotopic (exact) mass is 205 g/mol. The number of allylic oxidation sites excluding steroid dienone is 4. The van der Waals surface area contributed by atoms with E-state index in [0.29, 0.717) is 6.04 Å². The molecular formula is C14H23N. The summed E-state index contributed by atoms with van der Waals surface area (Å²) in [5.41, 5.74) is 3.03. The van der Waals surface area contributed by atoms with E-state index in [1.165, 1.54) is 11.1 Å².